The van der Waals surface area contributed by atoms with Gasteiger partial charge in [-0.3, -0.25) is 9.59 Å². The number of nitrogens with zero attached hydrogens (tertiary/aromatic N) is 2. The first-order valence-electron chi connectivity index (χ1n) is 11.4. The summed E-state index contributed by atoms with van der Waals surface area (Å²) >= 11 is 1.51. The van der Waals surface area contributed by atoms with E-state index in [1.807, 2.05) is 60.8 Å². The number of carbonyl (C=O) groups excluding carboxylic acids is 3. The lowest BCUT2D eigenvalue weighted by atomic mass is 10.0. The van der Waals surface area contributed by atoms with Crippen molar-refractivity contribution in [1.82, 2.24) is 4.90 Å². The van der Waals surface area contributed by atoms with Gasteiger partial charge in [-0.1, -0.05) is 12.1 Å². The monoisotopic (exact) mass is 504 g/mol. The molecule has 0 spiro atoms. The molecule has 0 radical (unpaired) electrons. The molecule has 2 aromatic carbocycles. The van der Waals surface area contributed by atoms with Crippen LogP contribution in [0.25, 0.3) is 11.3 Å². The number of hydrogen-bond donors (Lipinski definition) is 2. The van der Waals surface area contributed by atoms with E-state index in [2.05, 4.69) is 10.6 Å². The number of esters is 1. The molecule has 186 valence electrons. The lowest BCUT2D eigenvalue weighted by Gasteiger charge is -2.19. The average molecular weight is 505 g/mol. The van der Waals surface area contributed by atoms with Crippen LogP contribution in [-0.2, 0) is 14.3 Å². The quantitative estimate of drug-likeness (QED) is 0.350. The van der Waals surface area contributed by atoms with E-state index in [4.69, 9.17) is 4.74 Å². The van der Waals surface area contributed by atoms with Gasteiger partial charge in [0.05, 0.1) is 34.5 Å². The summed E-state index contributed by atoms with van der Waals surface area (Å²) in [6.45, 7) is 0.686. The van der Waals surface area contributed by atoms with Crippen LogP contribution in [0, 0.1) is 0 Å². The molecule has 2 N–H and O–H groups in total. The number of rotatable bonds is 8. The second-order valence-electron chi connectivity index (χ2n) is 8.61. The van der Waals surface area contributed by atoms with Gasteiger partial charge in [-0.2, -0.15) is 0 Å². The van der Waals surface area contributed by atoms with E-state index in [0.29, 0.717) is 41.1 Å². The van der Waals surface area contributed by atoms with Crippen molar-refractivity contribution >= 4 is 57.5 Å². The highest BCUT2D eigenvalue weighted by Gasteiger charge is 2.29. The van der Waals surface area contributed by atoms with E-state index >= 15 is 0 Å². The van der Waals surface area contributed by atoms with Crippen LogP contribution in [0.3, 0.4) is 0 Å². The Morgan fingerprint density at radius 1 is 1.06 bits per heavy atom. The molecule has 2 heterocycles. The predicted molar refractivity (Wildman–Crippen MR) is 144 cm³/mol. The number of methoxy groups -OCH3 is 1. The Balaban J connectivity index is 1.64. The van der Waals surface area contributed by atoms with Gasteiger partial charge in [-0.15, -0.1) is 11.3 Å². The van der Waals surface area contributed by atoms with E-state index < -0.39 is 5.97 Å². The van der Waals surface area contributed by atoms with Gasteiger partial charge in [0.2, 0.25) is 5.91 Å². The van der Waals surface area contributed by atoms with Gasteiger partial charge in [-0.25, -0.2) is 4.79 Å². The Morgan fingerprint density at radius 3 is 2.44 bits per heavy atom. The smallest absolute Gasteiger partial charge is 0.337 e. The molecule has 3 aromatic rings. The first-order chi connectivity index (χ1) is 17.3. The second-order valence-corrected chi connectivity index (χ2v) is 9.56. The average Bonchev–Trinajstić information content (AvgIpc) is 3.52. The first-order valence-corrected chi connectivity index (χ1v) is 12.3. The molecule has 0 unspecified atom stereocenters. The zero-order chi connectivity index (χ0) is 25.8. The number of amides is 2. The van der Waals surface area contributed by atoms with Gasteiger partial charge in [0.25, 0.3) is 5.91 Å². The number of benzene rings is 2. The third-order valence-corrected chi connectivity index (χ3v) is 6.76. The Hall–Kier alpha value is -3.95. The van der Waals surface area contributed by atoms with Crippen LogP contribution in [-0.4, -0.2) is 57.5 Å². The third kappa shape index (κ3) is 5.32. The maximum atomic E-state index is 13.1. The van der Waals surface area contributed by atoms with Crippen molar-refractivity contribution in [2.24, 2.45) is 0 Å². The number of anilines is 3. The highest BCUT2D eigenvalue weighted by molar-refractivity contribution is 7.11. The summed E-state index contributed by atoms with van der Waals surface area (Å²) < 4.78 is 4.80. The van der Waals surface area contributed by atoms with Crippen molar-refractivity contribution in [3.63, 3.8) is 0 Å². The molecule has 36 heavy (non-hydrogen) atoms. The molecule has 0 fully saturated rings. The summed E-state index contributed by atoms with van der Waals surface area (Å²) in [5, 5.41) is 8.22. The molecule has 1 aliphatic heterocycles. The fraction of sp³-hybridized carbons (Fsp3) is 0.222. The van der Waals surface area contributed by atoms with Crippen molar-refractivity contribution in [3.8, 4) is 0 Å². The number of ether oxygens (including phenoxy) is 1. The van der Waals surface area contributed by atoms with Crippen LogP contribution in [0.4, 0.5) is 17.1 Å². The fourth-order valence-corrected chi connectivity index (χ4v) is 4.61. The number of nitrogens with one attached hydrogen (secondary N) is 2. The molecule has 4 rings (SSSR count). The van der Waals surface area contributed by atoms with Gasteiger partial charge in [0.15, 0.2) is 0 Å². The summed E-state index contributed by atoms with van der Waals surface area (Å²) in [6.07, 6.45) is 0.435. The molecule has 0 bridgehead atoms. The van der Waals surface area contributed by atoms with Crippen molar-refractivity contribution in [2.75, 3.05) is 50.3 Å². The van der Waals surface area contributed by atoms with Crippen LogP contribution in [0.1, 0.15) is 27.2 Å². The highest BCUT2D eigenvalue weighted by atomic mass is 32.1. The van der Waals surface area contributed by atoms with Gasteiger partial charge < -0.3 is 25.2 Å². The van der Waals surface area contributed by atoms with Gasteiger partial charge in [-0.05, 0) is 61.9 Å². The summed E-state index contributed by atoms with van der Waals surface area (Å²) in [7, 11) is 6.96. The summed E-state index contributed by atoms with van der Waals surface area (Å²) in [4.78, 5) is 42.0. The molecule has 1 aliphatic rings. The van der Waals surface area contributed by atoms with Gasteiger partial charge in [0.1, 0.15) is 0 Å². The van der Waals surface area contributed by atoms with Crippen LogP contribution in [0.5, 0.6) is 0 Å². The SMILES string of the molecule is COC(=O)c1ccc2c(c1)NC(=O)C2=C(Nc1ccc(N(C)C(=O)CCN(C)C)cc1)c1cccs1. The van der Waals surface area contributed by atoms with Crippen LogP contribution < -0.4 is 15.5 Å². The van der Waals surface area contributed by atoms with E-state index in [-0.39, 0.29) is 11.8 Å². The van der Waals surface area contributed by atoms with Crippen molar-refractivity contribution in [3.05, 3.63) is 76.0 Å². The molecule has 9 heteroatoms. The molecule has 2 amide bonds. The minimum atomic E-state index is -0.466. The molecule has 8 nitrogen and oxygen atoms in total. The van der Waals surface area contributed by atoms with Crippen LogP contribution in [0.2, 0.25) is 0 Å². The summed E-state index contributed by atoms with van der Waals surface area (Å²) in [6, 6.07) is 16.4. The Kier molecular flexibility index (Phi) is 7.52. The molecule has 1 aromatic heterocycles. The number of hydrogen-bond acceptors (Lipinski definition) is 7. The number of thiophene rings is 1. The standard InChI is InChI=1S/C27H28N4O4S/c1-30(2)14-13-23(32)31(3)19-10-8-18(9-11-19)28-25(22-6-5-15-36-22)24-20-12-7-17(27(34)35-4)16-21(20)29-26(24)33/h5-12,15-16,28H,13-14H2,1-4H3,(H,29,33). The Bertz CT molecular complexity index is 1310. The summed E-state index contributed by atoms with van der Waals surface area (Å²) in [5.74, 6) is -0.687. The van der Waals surface area contributed by atoms with Crippen LogP contribution in [0.15, 0.2) is 60.0 Å². The van der Waals surface area contributed by atoms with Crippen molar-refractivity contribution in [1.29, 1.82) is 0 Å². The predicted octanol–water partition coefficient (Wildman–Crippen LogP) is 4.38. The minimum Gasteiger partial charge on any atom is -0.465 e. The van der Waals surface area contributed by atoms with E-state index in [9.17, 15) is 14.4 Å². The molecule has 0 atom stereocenters. The third-order valence-electron chi connectivity index (χ3n) is 5.87. The van der Waals surface area contributed by atoms with Crippen molar-refractivity contribution in [2.45, 2.75) is 6.42 Å². The highest BCUT2D eigenvalue weighted by Crippen LogP contribution is 2.39. The molecular weight excluding hydrogens is 476 g/mol. The van der Waals surface area contributed by atoms with Crippen molar-refractivity contribution < 1.29 is 19.1 Å². The van der Waals surface area contributed by atoms with E-state index in [0.717, 1.165) is 16.3 Å². The normalized spacial score (nSPS) is 13.8. The first kappa shape index (κ1) is 25.2. The molecular formula is C27H28N4O4S. The van der Waals surface area contributed by atoms with E-state index in [1.165, 1.54) is 18.4 Å². The van der Waals surface area contributed by atoms with E-state index in [1.54, 1.807) is 30.1 Å². The lowest BCUT2D eigenvalue weighted by molar-refractivity contribution is -0.118. The maximum Gasteiger partial charge on any atom is 0.337 e. The second kappa shape index (κ2) is 10.8. The molecule has 0 aliphatic carbocycles. The van der Waals surface area contributed by atoms with Gasteiger partial charge in [0, 0.05) is 37.0 Å². The molecule has 0 saturated carbocycles. The number of fused-ring (bicyclic) bond motifs is 1. The molecule has 0 saturated heterocycles. The van der Waals surface area contributed by atoms with Crippen LogP contribution >= 0.6 is 11.3 Å². The fourth-order valence-electron chi connectivity index (χ4n) is 3.88. The Morgan fingerprint density at radius 2 is 1.81 bits per heavy atom. The summed E-state index contributed by atoms with van der Waals surface area (Å²) in [5.41, 5.74) is 4.33. The number of carbonyl (C=O) groups is 3. The topological polar surface area (TPSA) is 91.0 Å². The minimum absolute atomic E-state index is 0.0383. The van der Waals surface area contributed by atoms with Gasteiger partial charge >= 0.3 is 5.97 Å². The zero-order valence-corrected chi connectivity index (χ0v) is 21.4. The largest absolute Gasteiger partial charge is 0.465 e. The lowest BCUT2D eigenvalue weighted by Crippen LogP contribution is -2.29. The maximum absolute atomic E-state index is 13.1. The zero-order valence-electron chi connectivity index (χ0n) is 20.6. The Labute approximate surface area is 214 Å².